The first-order valence-electron chi connectivity index (χ1n) is 7.47. The molecule has 0 aliphatic rings. The molecule has 0 radical (unpaired) electrons. The molecule has 0 saturated heterocycles. The van der Waals surface area contributed by atoms with E-state index in [1.165, 1.54) is 12.1 Å². The zero-order valence-electron chi connectivity index (χ0n) is 13.8. The molecule has 0 amide bonds. The molecule has 144 valence electrons. The molecule has 0 atom stereocenters. The predicted molar refractivity (Wildman–Crippen MR) is 105 cm³/mol. The van der Waals surface area contributed by atoms with E-state index in [1.807, 2.05) is 0 Å². The fraction of sp³-hybridized carbons (Fsp3) is 0. The zero-order chi connectivity index (χ0) is 20.4. The van der Waals surface area contributed by atoms with Crippen molar-refractivity contribution in [2.75, 3.05) is 0 Å². The lowest BCUT2D eigenvalue weighted by Crippen LogP contribution is -1.95. The zero-order valence-corrected chi connectivity index (χ0v) is 16.9. The number of rotatable bonds is 2. The molecule has 28 heavy (non-hydrogen) atoms. The molecule has 0 bridgehead atoms. The Morgan fingerprint density at radius 2 is 1.00 bits per heavy atom. The minimum Gasteiger partial charge on any atom is -0.237 e. The van der Waals surface area contributed by atoms with E-state index >= 15 is 0 Å². The number of halogens is 2. The number of hydrogen-bond acceptors (Lipinski definition) is 8. The van der Waals surface area contributed by atoms with Gasteiger partial charge >= 0.3 is 0 Å². The highest BCUT2D eigenvalue weighted by atomic mass is 35.7. The van der Waals surface area contributed by atoms with Gasteiger partial charge in [-0.3, -0.25) is 0 Å². The quantitative estimate of drug-likeness (QED) is 0.421. The first-order valence-corrected chi connectivity index (χ1v) is 12.1. The molecule has 0 spiro atoms. The van der Waals surface area contributed by atoms with E-state index in [2.05, 4.69) is 19.9 Å². The topological polar surface area (TPSA) is 120 Å². The summed E-state index contributed by atoms with van der Waals surface area (Å²) in [4.78, 5) is 15.5. The molecular formula is C16H10Cl2N4O4S2. The van der Waals surface area contributed by atoms with Crippen LogP contribution in [-0.2, 0) is 18.1 Å². The highest BCUT2D eigenvalue weighted by Crippen LogP contribution is 2.16. The van der Waals surface area contributed by atoms with Gasteiger partial charge in [-0.1, -0.05) is 0 Å². The van der Waals surface area contributed by atoms with E-state index < -0.39 is 18.1 Å². The summed E-state index contributed by atoms with van der Waals surface area (Å²) in [5.74, 6) is 0. The van der Waals surface area contributed by atoms with Crippen LogP contribution in [0.3, 0.4) is 0 Å². The molecule has 0 fully saturated rings. The molecular weight excluding hydrogens is 447 g/mol. The molecule has 8 nitrogen and oxygen atoms in total. The summed E-state index contributed by atoms with van der Waals surface area (Å²) in [6, 6.07) is 13.0. The molecule has 4 aromatic rings. The maximum absolute atomic E-state index is 11.0. The maximum atomic E-state index is 11.0. The van der Waals surface area contributed by atoms with Gasteiger partial charge in [0, 0.05) is 44.5 Å². The molecule has 0 saturated carbocycles. The summed E-state index contributed by atoms with van der Waals surface area (Å²) < 4.78 is 43.8. The van der Waals surface area contributed by atoms with Gasteiger partial charge in [0.25, 0.3) is 18.1 Å². The minimum absolute atomic E-state index is 0.176. The minimum atomic E-state index is -3.77. The summed E-state index contributed by atoms with van der Waals surface area (Å²) >= 11 is 0. The van der Waals surface area contributed by atoms with Crippen LogP contribution in [0.1, 0.15) is 0 Å². The fourth-order valence-electron chi connectivity index (χ4n) is 2.14. The number of pyridine rings is 4. The highest BCUT2D eigenvalue weighted by molar-refractivity contribution is 8.14. The Morgan fingerprint density at radius 1 is 0.607 bits per heavy atom. The molecule has 4 heterocycles. The normalized spacial score (nSPS) is 11.8. The first kappa shape index (κ1) is 20.3. The van der Waals surface area contributed by atoms with Crippen molar-refractivity contribution in [2.24, 2.45) is 0 Å². The van der Waals surface area contributed by atoms with Gasteiger partial charge in [-0.25, -0.2) is 36.8 Å². The number of hydrogen-bond donors (Lipinski definition) is 0. The third-order valence-corrected chi connectivity index (χ3v) is 5.78. The van der Waals surface area contributed by atoms with Gasteiger partial charge in [0.15, 0.2) is 21.3 Å². The Morgan fingerprint density at radius 3 is 1.36 bits per heavy atom. The van der Waals surface area contributed by atoms with Crippen LogP contribution in [0.25, 0.3) is 22.1 Å². The van der Waals surface area contributed by atoms with E-state index in [4.69, 9.17) is 21.4 Å². The number of nitrogens with zero attached hydrogens (tertiary/aromatic N) is 4. The predicted octanol–water partition coefficient (Wildman–Crippen LogP) is 3.11. The largest absolute Gasteiger partial charge is 0.278 e. The smallest absolute Gasteiger partial charge is 0.237 e. The molecule has 0 aliphatic carbocycles. The number of fused-ring (bicyclic) bond motifs is 2. The lowest BCUT2D eigenvalue weighted by molar-refractivity contribution is 0.605. The van der Waals surface area contributed by atoms with Crippen LogP contribution in [0, 0.1) is 0 Å². The van der Waals surface area contributed by atoms with Crippen LogP contribution in [0.5, 0.6) is 0 Å². The van der Waals surface area contributed by atoms with Crippen molar-refractivity contribution in [1.82, 2.24) is 19.9 Å². The molecule has 4 rings (SSSR count). The van der Waals surface area contributed by atoms with Gasteiger partial charge in [0.05, 0.1) is 0 Å². The summed E-state index contributed by atoms with van der Waals surface area (Å²) in [5.41, 5.74) is 0.739. The van der Waals surface area contributed by atoms with Crippen molar-refractivity contribution in [3.05, 3.63) is 60.9 Å². The average Bonchev–Trinajstić information content (AvgIpc) is 2.66. The van der Waals surface area contributed by atoms with Crippen molar-refractivity contribution >= 4 is 61.5 Å². The summed E-state index contributed by atoms with van der Waals surface area (Å²) in [6.07, 6.45) is 3.08. The van der Waals surface area contributed by atoms with Crippen LogP contribution < -0.4 is 0 Å². The molecule has 12 heteroatoms. The van der Waals surface area contributed by atoms with Gasteiger partial charge in [-0.15, -0.1) is 0 Å². The van der Waals surface area contributed by atoms with Crippen molar-refractivity contribution in [3.8, 4) is 0 Å². The van der Waals surface area contributed by atoms with E-state index in [9.17, 15) is 16.8 Å². The summed E-state index contributed by atoms with van der Waals surface area (Å²) in [5, 5.41) is 1.20. The molecule has 4 aromatic heterocycles. The van der Waals surface area contributed by atoms with Crippen LogP contribution in [-0.4, -0.2) is 36.8 Å². The van der Waals surface area contributed by atoms with E-state index in [0.717, 1.165) is 10.8 Å². The third kappa shape index (κ3) is 4.90. The van der Waals surface area contributed by atoms with Gasteiger partial charge in [-0.2, -0.15) is 0 Å². The molecule has 0 N–H and O–H groups in total. The first-order chi connectivity index (χ1) is 13.1. The second kappa shape index (κ2) is 7.92. The van der Waals surface area contributed by atoms with Gasteiger partial charge in [0.2, 0.25) is 0 Å². The fourth-order valence-corrected chi connectivity index (χ4v) is 3.51. The Kier molecular flexibility index (Phi) is 5.75. The van der Waals surface area contributed by atoms with Crippen molar-refractivity contribution in [3.63, 3.8) is 0 Å². The van der Waals surface area contributed by atoms with Crippen molar-refractivity contribution < 1.29 is 16.8 Å². The lowest BCUT2D eigenvalue weighted by atomic mass is 10.3. The Balaban J connectivity index is 0.000000161. The molecule has 0 unspecified atom stereocenters. The molecule has 0 aromatic carbocycles. The van der Waals surface area contributed by atoms with E-state index in [-0.39, 0.29) is 10.1 Å². The summed E-state index contributed by atoms with van der Waals surface area (Å²) in [6.45, 7) is 0. The number of aromatic nitrogens is 4. The average molecular weight is 457 g/mol. The monoisotopic (exact) mass is 456 g/mol. The third-order valence-electron chi connectivity index (χ3n) is 3.38. The van der Waals surface area contributed by atoms with E-state index in [0.29, 0.717) is 11.3 Å². The van der Waals surface area contributed by atoms with Crippen molar-refractivity contribution in [2.45, 2.75) is 10.1 Å². The maximum Gasteiger partial charge on any atom is 0.278 e. The lowest BCUT2D eigenvalue weighted by Gasteiger charge is -1.97. The molecule has 0 aliphatic heterocycles. The summed E-state index contributed by atoms with van der Waals surface area (Å²) in [7, 11) is 2.74. The van der Waals surface area contributed by atoms with Crippen LogP contribution >= 0.6 is 21.4 Å². The second-order valence-corrected chi connectivity index (χ2v) is 10.3. The van der Waals surface area contributed by atoms with E-state index in [1.54, 1.807) is 48.8 Å². The standard InChI is InChI=1S/2C8H5ClN2O2S/c2*9-14(12,13)7-4-3-6-2-1-5-10-8(6)11-7/h2*1-5H. The van der Waals surface area contributed by atoms with Crippen molar-refractivity contribution in [1.29, 1.82) is 0 Å². The van der Waals surface area contributed by atoms with Crippen LogP contribution in [0.15, 0.2) is 71.0 Å². The SMILES string of the molecule is O=S(=O)(Cl)c1ccc2cccnc2n1.O=S(=O)(Cl)c1ccc2cccnc2n1. The Labute approximate surface area is 169 Å². The van der Waals surface area contributed by atoms with Crippen LogP contribution in [0.2, 0.25) is 0 Å². The Hall–Kier alpha value is -2.40. The van der Waals surface area contributed by atoms with Crippen LogP contribution in [0.4, 0.5) is 0 Å². The second-order valence-electron chi connectivity index (χ2n) is 5.27. The highest BCUT2D eigenvalue weighted by Gasteiger charge is 2.12. The Bertz CT molecular complexity index is 1270. The van der Waals surface area contributed by atoms with Gasteiger partial charge < -0.3 is 0 Å². The van der Waals surface area contributed by atoms with Gasteiger partial charge in [0.1, 0.15) is 0 Å². The van der Waals surface area contributed by atoms with Gasteiger partial charge in [-0.05, 0) is 48.5 Å².